The Morgan fingerprint density at radius 1 is 1.11 bits per heavy atom. The van der Waals surface area contributed by atoms with Crippen LogP contribution in [0, 0.1) is 0 Å². The highest BCUT2D eigenvalue weighted by molar-refractivity contribution is 5.97. The Hall–Kier alpha value is -1.85. The van der Waals surface area contributed by atoms with Crippen molar-refractivity contribution in [2.45, 2.75) is 90.6 Å². The van der Waals surface area contributed by atoms with Crippen LogP contribution in [0.5, 0.6) is 0 Å². The van der Waals surface area contributed by atoms with Gasteiger partial charge in [-0.1, -0.05) is 26.7 Å². The number of aromatic nitrogens is 2. The molecule has 1 atom stereocenters. The van der Waals surface area contributed by atoms with Crippen molar-refractivity contribution in [3.63, 3.8) is 0 Å². The Bertz CT molecular complexity index is 667. The molecule has 2 aliphatic rings. The van der Waals surface area contributed by atoms with Crippen LogP contribution in [0.25, 0.3) is 0 Å². The van der Waals surface area contributed by atoms with Crippen molar-refractivity contribution in [2.75, 3.05) is 13.1 Å². The molecule has 1 aromatic heterocycles. The maximum Gasteiger partial charge on any atom is 0.290 e. The largest absolute Gasteiger partial charge is 0.351 e. The third-order valence-electron chi connectivity index (χ3n) is 5.95. The van der Waals surface area contributed by atoms with Crippen LogP contribution in [0.4, 0.5) is 0 Å². The molecular weight excluding hydrogens is 340 g/mol. The number of unbranched alkanes of at least 4 members (excludes halogenated alkanes) is 2. The predicted octanol–water partition coefficient (Wildman–Crippen LogP) is 3.54. The average Bonchev–Trinajstić information content (AvgIpc) is 3.10. The Balaban J connectivity index is 1.82. The van der Waals surface area contributed by atoms with E-state index in [9.17, 15) is 9.59 Å². The third kappa shape index (κ3) is 4.36. The standard InChI is InChI=1S/C21H34N4O2/c1-3-5-8-13-22-20(26)18-17-12-7-10-15-25(17)19(23-18)21(27)24-14-9-6-11-16(24)4-2/h16H,3-15H2,1-2H3,(H,22,26). The minimum absolute atomic E-state index is 0.00901. The molecule has 6 heteroatoms. The van der Waals surface area contributed by atoms with Gasteiger partial charge in [0, 0.05) is 25.7 Å². The number of rotatable bonds is 7. The molecule has 0 radical (unpaired) electrons. The quantitative estimate of drug-likeness (QED) is 0.742. The number of amides is 2. The number of piperidine rings is 1. The van der Waals surface area contributed by atoms with E-state index in [-0.39, 0.29) is 11.8 Å². The van der Waals surface area contributed by atoms with E-state index in [0.29, 0.717) is 24.1 Å². The van der Waals surface area contributed by atoms with Crippen LogP contribution in [-0.4, -0.2) is 45.4 Å². The topological polar surface area (TPSA) is 67.2 Å². The summed E-state index contributed by atoms with van der Waals surface area (Å²) < 4.78 is 2.02. The van der Waals surface area contributed by atoms with Gasteiger partial charge in [0.1, 0.15) is 5.69 Å². The van der Waals surface area contributed by atoms with Gasteiger partial charge in [-0.3, -0.25) is 9.59 Å². The van der Waals surface area contributed by atoms with E-state index in [1.165, 1.54) is 6.42 Å². The minimum Gasteiger partial charge on any atom is -0.351 e. The van der Waals surface area contributed by atoms with Gasteiger partial charge in [0.25, 0.3) is 11.8 Å². The molecule has 1 saturated heterocycles. The minimum atomic E-state index is -0.124. The van der Waals surface area contributed by atoms with E-state index < -0.39 is 0 Å². The highest BCUT2D eigenvalue weighted by Gasteiger charge is 2.33. The lowest BCUT2D eigenvalue weighted by Crippen LogP contribution is -2.44. The van der Waals surface area contributed by atoms with Gasteiger partial charge in [0.15, 0.2) is 5.82 Å². The summed E-state index contributed by atoms with van der Waals surface area (Å²) in [5, 5.41) is 3.00. The second kappa shape index (κ2) is 9.38. The Morgan fingerprint density at radius 2 is 1.93 bits per heavy atom. The molecule has 0 saturated carbocycles. The van der Waals surface area contributed by atoms with E-state index in [1.54, 1.807) is 0 Å². The summed E-state index contributed by atoms with van der Waals surface area (Å²) in [6.07, 6.45) is 10.4. The molecule has 1 aromatic rings. The zero-order chi connectivity index (χ0) is 19.2. The lowest BCUT2D eigenvalue weighted by molar-refractivity contribution is 0.0589. The van der Waals surface area contributed by atoms with E-state index in [1.807, 2.05) is 9.47 Å². The van der Waals surface area contributed by atoms with E-state index in [4.69, 9.17) is 0 Å². The number of carbonyl (C=O) groups excluding carboxylic acids is 2. The van der Waals surface area contributed by atoms with Crippen LogP contribution in [0.1, 0.15) is 98.4 Å². The number of nitrogens with zero attached hydrogens (tertiary/aromatic N) is 3. The maximum atomic E-state index is 13.3. The number of hydrogen-bond acceptors (Lipinski definition) is 3. The van der Waals surface area contributed by atoms with Gasteiger partial charge in [-0.15, -0.1) is 0 Å². The number of nitrogens with one attached hydrogen (secondary N) is 1. The van der Waals surface area contributed by atoms with Crippen molar-refractivity contribution in [3.05, 3.63) is 17.2 Å². The molecular formula is C21H34N4O2. The van der Waals surface area contributed by atoms with Gasteiger partial charge in [0.2, 0.25) is 0 Å². The zero-order valence-corrected chi connectivity index (χ0v) is 16.9. The second-order valence-corrected chi connectivity index (χ2v) is 7.86. The van der Waals surface area contributed by atoms with Crippen LogP contribution in [0.15, 0.2) is 0 Å². The maximum absolute atomic E-state index is 13.3. The van der Waals surface area contributed by atoms with Gasteiger partial charge in [-0.25, -0.2) is 4.98 Å². The van der Waals surface area contributed by atoms with Gasteiger partial charge in [-0.2, -0.15) is 0 Å². The van der Waals surface area contributed by atoms with Crippen molar-refractivity contribution < 1.29 is 9.59 Å². The summed E-state index contributed by atoms with van der Waals surface area (Å²) in [5.74, 6) is 0.361. The summed E-state index contributed by atoms with van der Waals surface area (Å²) in [6.45, 7) is 6.56. The Kier molecular flexibility index (Phi) is 6.91. The van der Waals surface area contributed by atoms with Gasteiger partial charge in [-0.05, 0) is 51.4 Å². The molecule has 6 nitrogen and oxygen atoms in total. The van der Waals surface area contributed by atoms with E-state index in [0.717, 1.165) is 76.6 Å². The normalized spacial score (nSPS) is 19.6. The van der Waals surface area contributed by atoms with Crippen molar-refractivity contribution in [1.29, 1.82) is 0 Å². The molecule has 1 unspecified atom stereocenters. The first-order valence-electron chi connectivity index (χ1n) is 10.9. The fraction of sp³-hybridized carbons (Fsp3) is 0.762. The summed E-state index contributed by atoms with van der Waals surface area (Å²) in [6, 6.07) is 0.300. The van der Waals surface area contributed by atoms with Crippen LogP contribution in [-0.2, 0) is 13.0 Å². The van der Waals surface area contributed by atoms with Crippen LogP contribution in [0.2, 0.25) is 0 Å². The molecule has 1 fully saturated rings. The number of fused-ring (bicyclic) bond motifs is 1. The van der Waals surface area contributed by atoms with E-state index >= 15 is 0 Å². The van der Waals surface area contributed by atoms with E-state index in [2.05, 4.69) is 24.1 Å². The van der Waals surface area contributed by atoms with Crippen molar-refractivity contribution >= 4 is 11.8 Å². The molecule has 150 valence electrons. The third-order valence-corrected chi connectivity index (χ3v) is 5.95. The van der Waals surface area contributed by atoms with Gasteiger partial charge < -0.3 is 14.8 Å². The molecule has 0 aliphatic carbocycles. The molecule has 27 heavy (non-hydrogen) atoms. The molecule has 2 amide bonds. The number of imidazole rings is 1. The Labute approximate surface area is 162 Å². The van der Waals surface area contributed by atoms with Gasteiger partial charge >= 0.3 is 0 Å². The first-order chi connectivity index (χ1) is 13.2. The smallest absolute Gasteiger partial charge is 0.290 e. The first-order valence-corrected chi connectivity index (χ1v) is 10.9. The van der Waals surface area contributed by atoms with Crippen molar-refractivity contribution in [2.24, 2.45) is 0 Å². The SMILES string of the molecule is CCCCCNC(=O)c1nc(C(=O)N2CCCCC2CC)n2c1CCCC2. The molecule has 0 aromatic carbocycles. The lowest BCUT2D eigenvalue weighted by atomic mass is 10.00. The molecule has 3 rings (SSSR count). The summed E-state index contributed by atoms with van der Waals surface area (Å²) in [5.41, 5.74) is 1.42. The number of hydrogen-bond donors (Lipinski definition) is 1. The summed E-state index contributed by atoms with van der Waals surface area (Å²) in [4.78, 5) is 32.6. The molecule has 0 bridgehead atoms. The first kappa shape index (κ1) is 19.9. The average molecular weight is 375 g/mol. The molecule has 1 N–H and O–H groups in total. The highest BCUT2D eigenvalue weighted by Crippen LogP contribution is 2.25. The van der Waals surface area contributed by atoms with Crippen molar-refractivity contribution in [3.8, 4) is 0 Å². The molecule has 0 spiro atoms. The van der Waals surface area contributed by atoms with Crippen LogP contribution >= 0.6 is 0 Å². The summed E-state index contributed by atoms with van der Waals surface area (Å²) >= 11 is 0. The predicted molar refractivity (Wildman–Crippen MR) is 106 cm³/mol. The lowest BCUT2D eigenvalue weighted by Gasteiger charge is -2.35. The zero-order valence-electron chi connectivity index (χ0n) is 16.9. The fourth-order valence-corrected chi connectivity index (χ4v) is 4.37. The monoisotopic (exact) mass is 374 g/mol. The molecule has 2 aliphatic heterocycles. The Morgan fingerprint density at radius 3 is 2.70 bits per heavy atom. The molecule has 3 heterocycles. The van der Waals surface area contributed by atoms with Gasteiger partial charge in [0.05, 0.1) is 5.69 Å². The second-order valence-electron chi connectivity index (χ2n) is 7.86. The number of carbonyl (C=O) groups is 2. The number of likely N-dealkylation sites (tertiary alicyclic amines) is 1. The fourth-order valence-electron chi connectivity index (χ4n) is 4.37. The summed E-state index contributed by atoms with van der Waals surface area (Å²) in [7, 11) is 0. The van der Waals surface area contributed by atoms with Crippen LogP contribution < -0.4 is 5.32 Å². The highest BCUT2D eigenvalue weighted by atomic mass is 16.2. The van der Waals surface area contributed by atoms with Crippen molar-refractivity contribution in [1.82, 2.24) is 19.8 Å². The van der Waals surface area contributed by atoms with Crippen LogP contribution in [0.3, 0.4) is 0 Å².